The zero-order chi connectivity index (χ0) is 14.0. The number of hydrogen-bond donors (Lipinski definition) is 2. The van der Waals surface area contributed by atoms with Crippen molar-refractivity contribution in [3.05, 3.63) is 52.8 Å². The molecule has 7 heteroatoms. The van der Waals surface area contributed by atoms with Crippen LogP contribution >= 0.6 is 15.9 Å². The number of rotatable bonds is 3. The second-order valence-electron chi connectivity index (χ2n) is 3.80. The first-order valence-electron chi connectivity index (χ1n) is 5.22. The summed E-state index contributed by atoms with van der Waals surface area (Å²) in [6, 6.07) is 9.71. The average Bonchev–Trinajstić information content (AvgIpc) is 2.34. The highest BCUT2D eigenvalue weighted by Crippen LogP contribution is 2.22. The summed E-state index contributed by atoms with van der Waals surface area (Å²) in [6.07, 6.45) is 0. The van der Waals surface area contributed by atoms with Crippen molar-refractivity contribution in [2.75, 3.05) is 10.5 Å². The molecule has 100 valence electrons. The Hall–Kier alpha value is -1.60. The van der Waals surface area contributed by atoms with Gasteiger partial charge < -0.3 is 5.73 Å². The van der Waals surface area contributed by atoms with Crippen LogP contribution in [0.5, 0.6) is 0 Å². The first-order chi connectivity index (χ1) is 8.88. The molecule has 0 spiro atoms. The minimum absolute atomic E-state index is 0.0602. The zero-order valence-corrected chi connectivity index (χ0v) is 12.0. The van der Waals surface area contributed by atoms with Gasteiger partial charge in [-0.1, -0.05) is 0 Å². The fourth-order valence-corrected chi connectivity index (χ4v) is 2.72. The van der Waals surface area contributed by atoms with Crippen LogP contribution in [0.15, 0.2) is 51.8 Å². The standard InChI is InChI=1S/C12H10BrFN2O2S/c13-11-6-3-9(7-12(11)14)16-19(17,18)10-4-1-8(15)2-5-10/h1-7,16H,15H2. The average molecular weight is 345 g/mol. The van der Waals surface area contributed by atoms with Crippen LogP contribution in [0.2, 0.25) is 0 Å². The highest BCUT2D eigenvalue weighted by molar-refractivity contribution is 9.10. The van der Waals surface area contributed by atoms with Gasteiger partial charge in [-0.05, 0) is 58.4 Å². The molecule has 0 saturated carbocycles. The molecule has 0 aliphatic heterocycles. The third-order valence-electron chi connectivity index (χ3n) is 2.36. The number of anilines is 2. The van der Waals surface area contributed by atoms with E-state index in [1.807, 2.05) is 0 Å². The summed E-state index contributed by atoms with van der Waals surface area (Å²) in [4.78, 5) is 0.0602. The summed E-state index contributed by atoms with van der Waals surface area (Å²) < 4.78 is 39.9. The van der Waals surface area contributed by atoms with Crippen molar-refractivity contribution in [2.24, 2.45) is 0 Å². The van der Waals surface area contributed by atoms with Crippen molar-refractivity contribution < 1.29 is 12.8 Å². The van der Waals surface area contributed by atoms with E-state index in [4.69, 9.17) is 5.73 Å². The normalized spacial score (nSPS) is 11.3. The molecule has 0 saturated heterocycles. The van der Waals surface area contributed by atoms with Crippen molar-refractivity contribution in [1.82, 2.24) is 0 Å². The lowest BCUT2D eigenvalue weighted by molar-refractivity contribution is 0.601. The molecule has 0 atom stereocenters. The molecule has 2 rings (SSSR count). The maximum Gasteiger partial charge on any atom is 0.261 e. The first kappa shape index (κ1) is 13.8. The molecule has 2 aromatic carbocycles. The van der Waals surface area contributed by atoms with Crippen molar-refractivity contribution in [1.29, 1.82) is 0 Å². The number of hydrogen-bond acceptors (Lipinski definition) is 3. The third-order valence-corrected chi connectivity index (χ3v) is 4.40. The Morgan fingerprint density at radius 3 is 2.32 bits per heavy atom. The van der Waals surface area contributed by atoms with Crippen LogP contribution in [0.4, 0.5) is 15.8 Å². The van der Waals surface area contributed by atoms with Gasteiger partial charge >= 0.3 is 0 Å². The molecule has 0 heterocycles. The molecule has 2 aromatic rings. The fourth-order valence-electron chi connectivity index (χ4n) is 1.42. The minimum Gasteiger partial charge on any atom is -0.399 e. The van der Waals surface area contributed by atoms with E-state index in [0.717, 1.165) is 6.07 Å². The maximum atomic E-state index is 13.3. The highest BCUT2D eigenvalue weighted by Gasteiger charge is 2.14. The predicted octanol–water partition coefficient (Wildman–Crippen LogP) is 2.97. The molecule has 0 unspecified atom stereocenters. The third kappa shape index (κ3) is 3.24. The second-order valence-corrected chi connectivity index (χ2v) is 6.34. The fraction of sp³-hybridized carbons (Fsp3) is 0. The van der Waals surface area contributed by atoms with Crippen LogP contribution in [0.25, 0.3) is 0 Å². The Kier molecular flexibility index (Phi) is 3.77. The molecule has 0 fully saturated rings. The van der Waals surface area contributed by atoms with Gasteiger partial charge in [0.05, 0.1) is 15.1 Å². The number of halogens is 2. The van der Waals surface area contributed by atoms with Crippen LogP contribution in [-0.2, 0) is 10.0 Å². The molecule has 0 radical (unpaired) electrons. The lowest BCUT2D eigenvalue weighted by Crippen LogP contribution is -2.13. The highest BCUT2D eigenvalue weighted by atomic mass is 79.9. The Morgan fingerprint density at radius 1 is 1.11 bits per heavy atom. The summed E-state index contributed by atoms with van der Waals surface area (Å²) in [5.41, 5.74) is 6.11. The zero-order valence-electron chi connectivity index (χ0n) is 9.60. The van der Waals surface area contributed by atoms with Crippen molar-refractivity contribution in [3.8, 4) is 0 Å². The van der Waals surface area contributed by atoms with Crippen LogP contribution in [0.1, 0.15) is 0 Å². The van der Waals surface area contributed by atoms with Gasteiger partial charge in [-0.3, -0.25) is 4.72 Å². The second kappa shape index (κ2) is 5.18. The van der Waals surface area contributed by atoms with E-state index in [0.29, 0.717) is 5.69 Å². The van der Waals surface area contributed by atoms with Crippen LogP contribution in [0.3, 0.4) is 0 Å². The molecule has 3 N–H and O–H groups in total. The van der Waals surface area contributed by atoms with Crippen molar-refractivity contribution in [2.45, 2.75) is 4.90 Å². The Morgan fingerprint density at radius 2 is 1.74 bits per heavy atom. The molecule has 0 aromatic heterocycles. The van der Waals surface area contributed by atoms with Crippen LogP contribution < -0.4 is 10.5 Å². The monoisotopic (exact) mass is 344 g/mol. The van der Waals surface area contributed by atoms with Gasteiger partial charge in [0.2, 0.25) is 0 Å². The Bertz CT molecular complexity index is 702. The number of nitrogens with two attached hydrogens (primary N) is 1. The summed E-state index contributed by atoms with van der Waals surface area (Å²) in [6.45, 7) is 0. The quantitative estimate of drug-likeness (QED) is 0.840. The molecular weight excluding hydrogens is 335 g/mol. The lowest BCUT2D eigenvalue weighted by Gasteiger charge is -2.08. The van der Waals surface area contributed by atoms with E-state index in [9.17, 15) is 12.8 Å². The van der Waals surface area contributed by atoms with Crippen LogP contribution in [0, 0.1) is 5.82 Å². The van der Waals surface area contributed by atoms with Gasteiger partial charge in [0, 0.05) is 5.69 Å². The van der Waals surface area contributed by atoms with E-state index < -0.39 is 15.8 Å². The van der Waals surface area contributed by atoms with Crippen molar-refractivity contribution in [3.63, 3.8) is 0 Å². The SMILES string of the molecule is Nc1ccc(S(=O)(=O)Nc2ccc(Br)c(F)c2)cc1. The number of nitrogens with one attached hydrogen (secondary N) is 1. The molecule has 0 bridgehead atoms. The largest absolute Gasteiger partial charge is 0.399 e. The number of nitrogen functional groups attached to an aromatic ring is 1. The van der Waals surface area contributed by atoms with E-state index in [1.54, 1.807) is 0 Å². The summed E-state index contributed by atoms with van der Waals surface area (Å²) in [5, 5.41) is 0. The van der Waals surface area contributed by atoms with Gasteiger partial charge in [-0.2, -0.15) is 0 Å². The van der Waals surface area contributed by atoms with Gasteiger partial charge in [-0.15, -0.1) is 0 Å². The van der Waals surface area contributed by atoms with Gasteiger partial charge in [0.25, 0.3) is 10.0 Å². The minimum atomic E-state index is -3.75. The van der Waals surface area contributed by atoms with E-state index >= 15 is 0 Å². The van der Waals surface area contributed by atoms with E-state index in [1.165, 1.54) is 36.4 Å². The lowest BCUT2D eigenvalue weighted by atomic mass is 10.3. The smallest absolute Gasteiger partial charge is 0.261 e. The van der Waals surface area contributed by atoms with Gasteiger partial charge in [0.15, 0.2) is 0 Å². The summed E-state index contributed by atoms with van der Waals surface area (Å²) >= 11 is 3.00. The van der Waals surface area contributed by atoms with Gasteiger partial charge in [-0.25, -0.2) is 12.8 Å². The predicted molar refractivity (Wildman–Crippen MR) is 75.8 cm³/mol. The topological polar surface area (TPSA) is 72.2 Å². The molecule has 4 nitrogen and oxygen atoms in total. The molecule has 0 aliphatic carbocycles. The summed E-state index contributed by atoms with van der Waals surface area (Å²) in [7, 11) is -3.75. The van der Waals surface area contributed by atoms with Crippen molar-refractivity contribution >= 4 is 37.3 Å². The summed E-state index contributed by atoms with van der Waals surface area (Å²) in [5.74, 6) is -0.544. The van der Waals surface area contributed by atoms with E-state index in [2.05, 4.69) is 20.7 Å². The van der Waals surface area contributed by atoms with Gasteiger partial charge in [0.1, 0.15) is 5.82 Å². The molecule has 0 amide bonds. The number of sulfonamides is 1. The van der Waals surface area contributed by atoms with E-state index in [-0.39, 0.29) is 15.1 Å². The molecule has 0 aliphatic rings. The molecular formula is C12H10BrFN2O2S. The Labute approximate surface area is 118 Å². The van der Waals surface area contributed by atoms with Crippen LogP contribution in [-0.4, -0.2) is 8.42 Å². The molecule has 19 heavy (non-hydrogen) atoms. The maximum absolute atomic E-state index is 13.3. The number of benzene rings is 2. The first-order valence-corrected chi connectivity index (χ1v) is 7.49. The Balaban J connectivity index is 2.30.